The molecule has 114 valence electrons. The normalized spacial score (nSPS) is 17.9. The third-order valence-corrected chi connectivity index (χ3v) is 5.01. The highest BCUT2D eigenvalue weighted by molar-refractivity contribution is 7.14. The maximum absolute atomic E-state index is 12.2. The van der Waals surface area contributed by atoms with Crippen molar-refractivity contribution in [1.29, 1.82) is 0 Å². The molecule has 0 bridgehead atoms. The summed E-state index contributed by atoms with van der Waals surface area (Å²) in [5.74, 6) is 5.76. The first-order valence-corrected chi connectivity index (χ1v) is 8.10. The zero-order valence-electron chi connectivity index (χ0n) is 12.7. The smallest absolute Gasteiger partial charge is 0.261 e. The van der Waals surface area contributed by atoms with Crippen molar-refractivity contribution in [3.8, 4) is 11.8 Å². The Morgan fingerprint density at radius 3 is 2.86 bits per heavy atom. The summed E-state index contributed by atoms with van der Waals surface area (Å²) in [6.45, 7) is 5.54. The maximum Gasteiger partial charge on any atom is 0.261 e. The molecule has 3 N–H and O–H groups in total. The van der Waals surface area contributed by atoms with Crippen molar-refractivity contribution in [2.45, 2.75) is 19.8 Å². The summed E-state index contributed by atoms with van der Waals surface area (Å²) in [6, 6.07) is 3.71. The second-order valence-corrected chi connectivity index (χ2v) is 7.05. The van der Waals surface area contributed by atoms with E-state index in [0.717, 1.165) is 37.4 Å². The average Bonchev–Trinajstić information content (AvgIpc) is 2.95. The number of nitrogens with zero attached hydrogens (tertiary/aromatic N) is 1. The third kappa shape index (κ3) is 4.57. The van der Waals surface area contributed by atoms with Gasteiger partial charge in [0.15, 0.2) is 0 Å². The molecule has 1 amide bonds. The molecule has 1 aliphatic heterocycles. The van der Waals surface area contributed by atoms with Gasteiger partial charge in [0.25, 0.3) is 5.91 Å². The highest BCUT2D eigenvalue weighted by atomic mass is 32.1. The van der Waals surface area contributed by atoms with Crippen LogP contribution in [-0.2, 0) is 0 Å². The van der Waals surface area contributed by atoms with Gasteiger partial charge in [0.05, 0.1) is 16.3 Å². The molecule has 1 saturated heterocycles. The van der Waals surface area contributed by atoms with E-state index in [0.29, 0.717) is 11.4 Å². The topological polar surface area (TPSA) is 58.4 Å². The van der Waals surface area contributed by atoms with Crippen LogP contribution in [0.4, 0.5) is 0 Å². The number of amides is 1. The molecule has 0 aromatic carbocycles. The number of carbonyl (C=O) groups excluding carboxylic acids is 1. The molecule has 5 heteroatoms. The van der Waals surface area contributed by atoms with Crippen LogP contribution in [0.3, 0.4) is 0 Å². The van der Waals surface area contributed by atoms with Crippen molar-refractivity contribution in [1.82, 2.24) is 10.2 Å². The van der Waals surface area contributed by atoms with Crippen molar-refractivity contribution in [2.75, 3.05) is 33.2 Å². The number of carbonyl (C=O) groups is 1. The Balaban J connectivity index is 1.88. The maximum atomic E-state index is 12.2. The molecule has 1 fully saturated rings. The van der Waals surface area contributed by atoms with E-state index >= 15 is 0 Å². The quantitative estimate of drug-likeness (QED) is 0.833. The zero-order valence-corrected chi connectivity index (χ0v) is 13.6. The van der Waals surface area contributed by atoms with Crippen LogP contribution in [0.2, 0.25) is 0 Å². The predicted molar refractivity (Wildman–Crippen MR) is 87.4 cm³/mol. The second kappa shape index (κ2) is 7.08. The van der Waals surface area contributed by atoms with Gasteiger partial charge in [-0.3, -0.25) is 4.79 Å². The summed E-state index contributed by atoms with van der Waals surface area (Å²) in [7, 11) is 2.15. The molecule has 0 radical (unpaired) electrons. The lowest BCUT2D eigenvalue weighted by Crippen LogP contribution is -2.43. The number of hydrogen-bond donors (Lipinski definition) is 2. The Morgan fingerprint density at radius 2 is 2.19 bits per heavy atom. The van der Waals surface area contributed by atoms with Crippen molar-refractivity contribution in [2.24, 2.45) is 11.1 Å². The molecule has 2 heterocycles. The molecule has 1 aromatic heterocycles. The Hall–Kier alpha value is -1.35. The lowest BCUT2D eigenvalue weighted by molar-refractivity contribution is 0.0895. The van der Waals surface area contributed by atoms with E-state index in [1.165, 1.54) is 11.3 Å². The summed E-state index contributed by atoms with van der Waals surface area (Å²) in [5, 5.41) is 3.07. The van der Waals surface area contributed by atoms with Gasteiger partial charge in [-0.05, 0) is 50.5 Å². The van der Waals surface area contributed by atoms with E-state index in [4.69, 9.17) is 5.73 Å². The second-order valence-electron chi connectivity index (χ2n) is 5.97. The standard InChI is InChI=1S/C16H23N3OS/c1-16(7-10-19(2)11-8-16)12-18-15(20)14-6-5-13(21-14)4-3-9-17/h5-6H,7-12,17H2,1-2H3,(H,18,20). The number of hydrogen-bond acceptors (Lipinski definition) is 4. The fourth-order valence-electron chi connectivity index (χ4n) is 2.38. The summed E-state index contributed by atoms with van der Waals surface area (Å²) in [5.41, 5.74) is 5.56. The largest absolute Gasteiger partial charge is 0.351 e. The van der Waals surface area contributed by atoms with E-state index in [1.54, 1.807) is 0 Å². The number of thiophene rings is 1. The SMILES string of the molecule is CN1CCC(C)(CNC(=O)c2ccc(C#CCN)s2)CC1. The number of likely N-dealkylation sites (tertiary alicyclic amines) is 1. The highest BCUT2D eigenvalue weighted by Gasteiger charge is 2.29. The Morgan fingerprint density at radius 1 is 1.48 bits per heavy atom. The Kier molecular flexibility index (Phi) is 5.40. The zero-order chi connectivity index (χ0) is 15.3. The summed E-state index contributed by atoms with van der Waals surface area (Å²) in [6.07, 6.45) is 2.25. The molecule has 0 unspecified atom stereocenters. The van der Waals surface area contributed by atoms with E-state index in [-0.39, 0.29) is 11.3 Å². The van der Waals surface area contributed by atoms with Gasteiger partial charge in [-0.15, -0.1) is 11.3 Å². The van der Waals surface area contributed by atoms with Gasteiger partial charge < -0.3 is 16.0 Å². The first-order chi connectivity index (χ1) is 10.0. The first-order valence-electron chi connectivity index (χ1n) is 7.28. The molecule has 1 aliphatic rings. The van der Waals surface area contributed by atoms with Crippen LogP contribution in [-0.4, -0.2) is 44.0 Å². The van der Waals surface area contributed by atoms with E-state index < -0.39 is 0 Å². The van der Waals surface area contributed by atoms with Crippen molar-refractivity contribution in [3.63, 3.8) is 0 Å². The number of nitrogens with one attached hydrogen (secondary N) is 1. The minimum atomic E-state index is 0.000881. The van der Waals surface area contributed by atoms with E-state index in [2.05, 4.69) is 36.0 Å². The summed E-state index contributed by atoms with van der Waals surface area (Å²) >= 11 is 1.42. The Labute approximate surface area is 130 Å². The van der Waals surface area contributed by atoms with Crippen LogP contribution < -0.4 is 11.1 Å². The van der Waals surface area contributed by atoms with Gasteiger partial charge >= 0.3 is 0 Å². The molecule has 1 aromatic rings. The summed E-state index contributed by atoms with van der Waals surface area (Å²) < 4.78 is 0. The van der Waals surface area contributed by atoms with Crippen molar-refractivity contribution < 1.29 is 4.79 Å². The fraction of sp³-hybridized carbons (Fsp3) is 0.562. The number of piperidine rings is 1. The van der Waals surface area contributed by atoms with Crippen molar-refractivity contribution >= 4 is 17.2 Å². The van der Waals surface area contributed by atoms with E-state index in [1.807, 2.05) is 12.1 Å². The molecule has 4 nitrogen and oxygen atoms in total. The van der Waals surface area contributed by atoms with Crippen LogP contribution >= 0.6 is 11.3 Å². The first kappa shape index (κ1) is 16.0. The minimum Gasteiger partial charge on any atom is -0.351 e. The monoisotopic (exact) mass is 305 g/mol. The third-order valence-electron chi connectivity index (χ3n) is 4.01. The average molecular weight is 305 g/mol. The van der Waals surface area contributed by atoms with Crippen LogP contribution in [0, 0.1) is 17.3 Å². The minimum absolute atomic E-state index is 0.000881. The van der Waals surface area contributed by atoms with Crippen LogP contribution in [0.25, 0.3) is 0 Å². The highest BCUT2D eigenvalue weighted by Crippen LogP contribution is 2.29. The molecule has 2 rings (SSSR count). The Bertz CT molecular complexity index is 547. The van der Waals surface area contributed by atoms with Gasteiger partial charge in [0.1, 0.15) is 0 Å². The fourth-order valence-corrected chi connectivity index (χ4v) is 3.18. The lowest BCUT2D eigenvalue weighted by atomic mass is 9.80. The molecule has 0 saturated carbocycles. The molecule has 0 aliphatic carbocycles. The van der Waals surface area contributed by atoms with Gasteiger partial charge in [0.2, 0.25) is 0 Å². The van der Waals surface area contributed by atoms with Gasteiger partial charge in [-0.25, -0.2) is 0 Å². The summed E-state index contributed by atoms with van der Waals surface area (Å²) in [4.78, 5) is 16.1. The van der Waals surface area contributed by atoms with Crippen LogP contribution in [0.1, 0.15) is 34.3 Å². The van der Waals surface area contributed by atoms with E-state index in [9.17, 15) is 4.79 Å². The molecule has 0 spiro atoms. The lowest BCUT2D eigenvalue weighted by Gasteiger charge is -2.37. The molecular formula is C16H23N3OS. The van der Waals surface area contributed by atoms with Crippen molar-refractivity contribution in [3.05, 3.63) is 21.9 Å². The van der Waals surface area contributed by atoms with Crippen LogP contribution in [0.15, 0.2) is 12.1 Å². The predicted octanol–water partition coefficient (Wildman–Crippen LogP) is 1.52. The molecular weight excluding hydrogens is 282 g/mol. The van der Waals surface area contributed by atoms with Gasteiger partial charge in [0, 0.05) is 6.54 Å². The van der Waals surface area contributed by atoms with Gasteiger partial charge in [-0.2, -0.15) is 0 Å². The van der Waals surface area contributed by atoms with Crippen LogP contribution in [0.5, 0.6) is 0 Å². The molecule has 0 atom stereocenters. The molecule has 21 heavy (non-hydrogen) atoms. The number of rotatable bonds is 3. The van der Waals surface area contributed by atoms with Gasteiger partial charge in [-0.1, -0.05) is 18.8 Å². The number of nitrogens with two attached hydrogens (primary N) is 1.